The van der Waals surface area contributed by atoms with Crippen molar-refractivity contribution in [3.63, 3.8) is 0 Å². The lowest BCUT2D eigenvalue weighted by Gasteiger charge is -2.07. The second-order valence-corrected chi connectivity index (χ2v) is 5.97. The van der Waals surface area contributed by atoms with Crippen LogP contribution < -0.4 is 4.74 Å². The van der Waals surface area contributed by atoms with Crippen molar-refractivity contribution in [1.82, 2.24) is 15.1 Å². The smallest absolute Gasteiger partial charge is 0.259 e. The number of ether oxygens (including phenoxy) is 1. The second kappa shape index (κ2) is 7.19. The van der Waals surface area contributed by atoms with E-state index in [2.05, 4.69) is 40.2 Å². The topological polar surface area (TPSA) is 61.0 Å². The average molecular weight is 343 g/mol. The number of nitrogens with zero attached hydrogens (tertiary/aromatic N) is 3. The van der Waals surface area contributed by atoms with Crippen molar-refractivity contribution in [1.29, 1.82) is 0 Å². The summed E-state index contributed by atoms with van der Waals surface area (Å²) in [6, 6.07) is 19.7. The molecule has 0 aliphatic rings. The highest BCUT2D eigenvalue weighted by Crippen LogP contribution is 2.25. The minimum absolute atomic E-state index is 0.444. The number of pyridine rings is 1. The Hall–Kier alpha value is -3.47. The normalized spacial score (nSPS) is 10.7. The molecule has 0 atom stereocenters. The fourth-order valence-electron chi connectivity index (χ4n) is 2.64. The lowest BCUT2D eigenvalue weighted by molar-refractivity contribution is 0.306. The first kappa shape index (κ1) is 16.0. The van der Waals surface area contributed by atoms with Gasteiger partial charge in [0.2, 0.25) is 5.82 Å². The summed E-state index contributed by atoms with van der Waals surface area (Å²) in [5.74, 6) is 1.72. The van der Waals surface area contributed by atoms with E-state index in [0.717, 1.165) is 22.4 Å². The van der Waals surface area contributed by atoms with Crippen molar-refractivity contribution < 1.29 is 9.26 Å². The van der Waals surface area contributed by atoms with Gasteiger partial charge in [0, 0.05) is 18.0 Å². The first-order valence-corrected chi connectivity index (χ1v) is 8.31. The Morgan fingerprint density at radius 2 is 1.85 bits per heavy atom. The zero-order valence-corrected chi connectivity index (χ0v) is 14.3. The first-order valence-electron chi connectivity index (χ1n) is 8.31. The lowest BCUT2D eigenvalue weighted by Crippen LogP contribution is -1.96. The van der Waals surface area contributed by atoms with Crippen LogP contribution in [0.3, 0.4) is 0 Å². The lowest BCUT2D eigenvalue weighted by atomic mass is 10.1. The van der Waals surface area contributed by atoms with E-state index >= 15 is 0 Å². The monoisotopic (exact) mass is 343 g/mol. The van der Waals surface area contributed by atoms with E-state index in [4.69, 9.17) is 9.26 Å². The van der Waals surface area contributed by atoms with E-state index in [1.807, 2.05) is 42.5 Å². The Balaban J connectivity index is 1.52. The highest BCUT2D eigenvalue weighted by atomic mass is 16.5. The molecule has 0 aliphatic heterocycles. The zero-order valence-electron chi connectivity index (χ0n) is 14.3. The summed E-state index contributed by atoms with van der Waals surface area (Å²) in [6.45, 7) is 2.58. The van der Waals surface area contributed by atoms with Gasteiger partial charge in [0.05, 0.1) is 5.56 Å². The van der Waals surface area contributed by atoms with Gasteiger partial charge in [0.15, 0.2) is 0 Å². The minimum Gasteiger partial charge on any atom is -0.489 e. The van der Waals surface area contributed by atoms with E-state index in [9.17, 15) is 0 Å². The molecule has 0 saturated carbocycles. The summed E-state index contributed by atoms with van der Waals surface area (Å²) in [5, 5.41) is 4.06. The second-order valence-electron chi connectivity index (χ2n) is 5.97. The molecule has 0 spiro atoms. The van der Waals surface area contributed by atoms with Gasteiger partial charge in [-0.1, -0.05) is 47.1 Å². The molecule has 2 aromatic carbocycles. The first-order chi connectivity index (χ1) is 12.8. The zero-order chi connectivity index (χ0) is 17.8. The van der Waals surface area contributed by atoms with Crippen LogP contribution in [0.4, 0.5) is 0 Å². The summed E-state index contributed by atoms with van der Waals surface area (Å²) in [5.41, 5.74) is 3.98. The number of rotatable bonds is 5. The fraction of sp³-hybridized carbons (Fsp3) is 0.0952. The predicted molar refractivity (Wildman–Crippen MR) is 98.5 cm³/mol. The standard InChI is InChI=1S/C21H17N3O2/c1-15-5-2-6-16(11-15)14-25-19-9-3-7-17(12-19)20-23-21(26-24-20)18-8-4-10-22-13-18/h2-13H,14H2,1H3. The highest BCUT2D eigenvalue weighted by molar-refractivity contribution is 5.60. The molecule has 26 heavy (non-hydrogen) atoms. The fourth-order valence-corrected chi connectivity index (χ4v) is 2.64. The van der Waals surface area contributed by atoms with Crippen LogP contribution in [0.15, 0.2) is 77.6 Å². The van der Waals surface area contributed by atoms with Crippen molar-refractivity contribution in [2.45, 2.75) is 13.5 Å². The summed E-state index contributed by atoms with van der Waals surface area (Å²) in [7, 11) is 0. The number of aromatic nitrogens is 3. The molecule has 0 fully saturated rings. The predicted octanol–water partition coefficient (Wildman–Crippen LogP) is 4.69. The van der Waals surface area contributed by atoms with Crippen LogP contribution >= 0.6 is 0 Å². The molecule has 4 rings (SSSR count). The molecular weight excluding hydrogens is 326 g/mol. The van der Waals surface area contributed by atoms with Crippen molar-refractivity contribution in [2.24, 2.45) is 0 Å². The van der Waals surface area contributed by atoms with E-state index in [0.29, 0.717) is 18.3 Å². The van der Waals surface area contributed by atoms with Crippen molar-refractivity contribution in [3.05, 3.63) is 84.2 Å². The van der Waals surface area contributed by atoms with Crippen molar-refractivity contribution in [2.75, 3.05) is 0 Å². The molecule has 2 aromatic heterocycles. The van der Waals surface area contributed by atoms with Gasteiger partial charge >= 0.3 is 0 Å². The van der Waals surface area contributed by atoms with E-state index in [1.54, 1.807) is 12.4 Å². The maximum Gasteiger partial charge on any atom is 0.259 e. The van der Waals surface area contributed by atoms with E-state index < -0.39 is 0 Å². The van der Waals surface area contributed by atoms with Gasteiger partial charge in [0.25, 0.3) is 5.89 Å². The number of aryl methyl sites for hydroxylation is 1. The molecule has 0 bridgehead atoms. The maximum absolute atomic E-state index is 5.90. The van der Waals surface area contributed by atoms with Crippen LogP contribution in [0.1, 0.15) is 11.1 Å². The molecule has 2 heterocycles. The van der Waals surface area contributed by atoms with Crippen LogP contribution in [0.5, 0.6) is 5.75 Å². The summed E-state index contributed by atoms with van der Waals surface area (Å²) in [6.07, 6.45) is 3.40. The van der Waals surface area contributed by atoms with Gasteiger partial charge in [-0.15, -0.1) is 0 Å². The number of hydrogen-bond donors (Lipinski definition) is 0. The molecule has 5 heteroatoms. The van der Waals surface area contributed by atoms with Gasteiger partial charge in [-0.3, -0.25) is 4.98 Å². The van der Waals surface area contributed by atoms with E-state index in [-0.39, 0.29) is 0 Å². The van der Waals surface area contributed by atoms with Gasteiger partial charge in [-0.25, -0.2) is 0 Å². The highest BCUT2D eigenvalue weighted by Gasteiger charge is 2.11. The Morgan fingerprint density at radius 3 is 2.69 bits per heavy atom. The molecule has 0 amide bonds. The van der Waals surface area contributed by atoms with Crippen LogP contribution in [0.25, 0.3) is 22.8 Å². The van der Waals surface area contributed by atoms with Crippen molar-refractivity contribution >= 4 is 0 Å². The minimum atomic E-state index is 0.444. The third-order valence-corrected chi connectivity index (χ3v) is 3.91. The molecule has 0 aliphatic carbocycles. The Kier molecular flexibility index (Phi) is 4.43. The van der Waals surface area contributed by atoms with Crippen LogP contribution in [0, 0.1) is 6.92 Å². The summed E-state index contributed by atoms with van der Waals surface area (Å²) >= 11 is 0. The van der Waals surface area contributed by atoms with Gasteiger partial charge in [-0.05, 0) is 36.8 Å². The molecule has 0 radical (unpaired) electrons. The molecule has 4 aromatic rings. The number of benzene rings is 2. The summed E-state index contributed by atoms with van der Waals surface area (Å²) < 4.78 is 11.2. The summed E-state index contributed by atoms with van der Waals surface area (Å²) in [4.78, 5) is 8.52. The van der Waals surface area contributed by atoms with Crippen molar-refractivity contribution in [3.8, 4) is 28.6 Å². The van der Waals surface area contributed by atoms with Crippen LogP contribution in [-0.4, -0.2) is 15.1 Å². The molecule has 5 nitrogen and oxygen atoms in total. The van der Waals surface area contributed by atoms with Crippen LogP contribution in [-0.2, 0) is 6.61 Å². The third-order valence-electron chi connectivity index (χ3n) is 3.91. The van der Waals surface area contributed by atoms with Gasteiger partial charge in [0.1, 0.15) is 12.4 Å². The quantitative estimate of drug-likeness (QED) is 0.526. The third kappa shape index (κ3) is 3.62. The maximum atomic E-state index is 5.90. The Morgan fingerprint density at radius 1 is 0.962 bits per heavy atom. The van der Waals surface area contributed by atoms with Crippen LogP contribution in [0.2, 0.25) is 0 Å². The van der Waals surface area contributed by atoms with Gasteiger partial charge in [-0.2, -0.15) is 4.98 Å². The molecular formula is C21H17N3O2. The van der Waals surface area contributed by atoms with Gasteiger partial charge < -0.3 is 9.26 Å². The molecule has 0 saturated heterocycles. The molecule has 0 unspecified atom stereocenters. The Labute approximate surface area is 151 Å². The largest absolute Gasteiger partial charge is 0.489 e. The van der Waals surface area contributed by atoms with E-state index in [1.165, 1.54) is 5.56 Å². The molecule has 0 N–H and O–H groups in total. The Bertz CT molecular complexity index is 1010. The average Bonchev–Trinajstić information content (AvgIpc) is 3.18. The number of hydrogen-bond acceptors (Lipinski definition) is 5. The SMILES string of the molecule is Cc1cccc(COc2cccc(-c3noc(-c4cccnc4)n3)c2)c1. The molecule has 128 valence electrons.